The fourth-order valence-electron chi connectivity index (χ4n) is 1.30. The van der Waals surface area contributed by atoms with E-state index < -0.39 is 0 Å². The Morgan fingerprint density at radius 3 is 2.41 bits per heavy atom. The maximum Gasteiger partial charge on any atom is 0.248 e. The lowest BCUT2D eigenvalue weighted by Gasteiger charge is -2.11. The van der Waals surface area contributed by atoms with Gasteiger partial charge in [0.15, 0.2) is 0 Å². The highest BCUT2D eigenvalue weighted by Crippen LogP contribution is 2.32. The topological polar surface area (TPSA) is 38.9 Å². The maximum atomic E-state index is 5.70. The van der Waals surface area contributed by atoms with Gasteiger partial charge in [0.2, 0.25) is 11.8 Å². The van der Waals surface area contributed by atoms with Crippen molar-refractivity contribution in [3.63, 3.8) is 0 Å². The first kappa shape index (κ1) is 12.8. The van der Waals surface area contributed by atoms with E-state index in [1.165, 1.54) is 0 Å². The Morgan fingerprint density at radius 1 is 1.12 bits per heavy atom. The second-order valence-electron chi connectivity index (χ2n) is 4.79. The number of aromatic nitrogens is 2. The smallest absolute Gasteiger partial charge is 0.248 e. The molecule has 0 saturated carbocycles. The molecule has 0 aliphatic heterocycles. The zero-order valence-corrected chi connectivity index (χ0v) is 13.0. The van der Waals surface area contributed by atoms with Crippen molar-refractivity contribution in [3.05, 3.63) is 33.0 Å². The minimum atomic E-state index is -0.135. The van der Waals surface area contributed by atoms with Crippen molar-refractivity contribution < 1.29 is 4.42 Å². The molecule has 0 atom stereocenters. The van der Waals surface area contributed by atoms with Crippen LogP contribution in [0.1, 0.15) is 26.7 Å². The fraction of sp³-hybridized carbons (Fsp3) is 0.333. The lowest BCUT2D eigenvalue weighted by Crippen LogP contribution is -2.11. The Hall–Kier alpha value is -0.680. The molecule has 0 fully saturated rings. The van der Waals surface area contributed by atoms with Gasteiger partial charge in [-0.05, 0) is 34.1 Å². The summed E-state index contributed by atoms with van der Waals surface area (Å²) in [5.41, 5.74) is 0.756. The molecule has 0 aliphatic carbocycles. The molecule has 0 radical (unpaired) electrons. The van der Waals surface area contributed by atoms with Gasteiger partial charge in [-0.15, -0.1) is 10.2 Å². The summed E-state index contributed by atoms with van der Waals surface area (Å²) in [5.74, 6) is 1.17. The number of hydrogen-bond donors (Lipinski definition) is 0. The van der Waals surface area contributed by atoms with Crippen molar-refractivity contribution in [1.29, 1.82) is 0 Å². The van der Waals surface area contributed by atoms with E-state index in [0.717, 1.165) is 14.5 Å². The summed E-state index contributed by atoms with van der Waals surface area (Å²) < 4.78 is 7.61. The predicted octanol–water partition coefficient (Wildman–Crippen LogP) is 4.56. The molecule has 1 aromatic carbocycles. The third-order valence-electron chi connectivity index (χ3n) is 2.23. The summed E-state index contributed by atoms with van der Waals surface area (Å²) in [6.07, 6.45) is 0. The molecule has 0 saturated heterocycles. The SMILES string of the molecule is CC(C)(C)c1nnc(-c2cc(Br)ccc2Br)o1. The van der Waals surface area contributed by atoms with Crippen LogP contribution in [0.25, 0.3) is 11.5 Å². The zero-order chi connectivity index (χ0) is 12.6. The zero-order valence-electron chi connectivity index (χ0n) is 9.79. The number of hydrogen-bond acceptors (Lipinski definition) is 3. The molecular formula is C12H12Br2N2O. The van der Waals surface area contributed by atoms with Crippen LogP contribution in [-0.2, 0) is 5.41 Å². The second kappa shape index (κ2) is 4.53. The highest BCUT2D eigenvalue weighted by Gasteiger charge is 2.22. The number of halogens is 2. The Kier molecular flexibility index (Phi) is 3.41. The van der Waals surface area contributed by atoms with Crippen LogP contribution < -0.4 is 0 Å². The van der Waals surface area contributed by atoms with Gasteiger partial charge in [0, 0.05) is 14.4 Å². The van der Waals surface area contributed by atoms with Gasteiger partial charge in [-0.2, -0.15) is 0 Å². The van der Waals surface area contributed by atoms with E-state index in [-0.39, 0.29) is 5.41 Å². The lowest BCUT2D eigenvalue weighted by molar-refractivity contribution is 0.399. The van der Waals surface area contributed by atoms with Crippen molar-refractivity contribution in [2.75, 3.05) is 0 Å². The highest BCUT2D eigenvalue weighted by atomic mass is 79.9. The normalized spacial score (nSPS) is 11.8. The maximum absolute atomic E-state index is 5.70. The number of benzene rings is 1. The van der Waals surface area contributed by atoms with Crippen LogP contribution >= 0.6 is 31.9 Å². The van der Waals surface area contributed by atoms with Gasteiger partial charge in [0.25, 0.3) is 0 Å². The highest BCUT2D eigenvalue weighted by molar-refractivity contribution is 9.11. The molecule has 0 unspecified atom stereocenters. The average molecular weight is 360 g/mol. The molecule has 1 aromatic heterocycles. The first-order valence-electron chi connectivity index (χ1n) is 5.17. The summed E-state index contributed by atoms with van der Waals surface area (Å²) >= 11 is 6.91. The average Bonchev–Trinajstić information content (AvgIpc) is 2.70. The van der Waals surface area contributed by atoms with Crippen LogP contribution in [0.15, 0.2) is 31.6 Å². The standard InChI is InChI=1S/C12H12Br2N2O/c1-12(2,3)11-16-15-10(17-11)8-6-7(13)4-5-9(8)14/h4-6H,1-3H3. The van der Waals surface area contributed by atoms with Crippen LogP contribution in [0.4, 0.5) is 0 Å². The molecule has 0 N–H and O–H groups in total. The molecule has 1 heterocycles. The predicted molar refractivity (Wildman–Crippen MR) is 73.8 cm³/mol. The first-order chi connectivity index (χ1) is 7.88. The Balaban J connectivity index is 2.47. The first-order valence-corrected chi connectivity index (χ1v) is 6.76. The van der Waals surface area contributed by atoms with Gasteiger partial charge in [-0.1, -0.05) is 36.7 Å². The molecule has 17 heavy (non-hydrogen) atoms. The van der Waals surface area contributed by atoms with Crippen LogP contribution in [0.2, 0.25) is 0 Å². The summed E-state index contributed by atoms with van der Waals surface area (Å²) in [6.45, 7) is 6.13. The number of rotatable bonds is 1. The number of nitrogens with zero attached hydrogens (tertiary/aromatic N) is 2. The van der Waals surface area contributed by atoms with Crippen molar-refractivity contribution in [2.45, 2.75) is 26.2 Å². The Morgan fingerprint density at radius 2 is 1.82 bits per heavy atom. The van der Waals surface area contributed by atoms with E-state index in [9.17, 15) is 0 Å². The van der Waals surface area contributed by atoms with E-state index in [2.05, 4.69) is 42.1 Å². The van der Waals surface area contributed by atoms with Crippen molar-refractivity contribution in [2.24, 2.45) is 0 Å². The largest absolute Gasteiger partial charge is 0.420 e. The summed E-state index contributed by atoms with van der Waals surface area (Å²) in [7, 11) is 0. The fourth-order valence-corrected chi connectivity index (χ4v) is 2.07. The van der Waals surface area contributed by atoms with Gasteiger partial charge >= 0.3 is 0 Å². The lowest BCUT2D eigenvalue weighted by atomic mass is 9.97. The summed E-state index contributed by atoms with van der Waals surface area (Å²) in [5, 5.41) is 8.17. The Labute approximate surface area is 117 Å². The van der Waals surface area contributed by atoms with Crippen molar-refractivity contribution in [3.8, 4) is 11.5 Å². The molecule has 0 spiro atoms. The molecule has 0 bridgehead atoms. The van der Waals surface area contributed by atoms with Crippen molar-refractivity contribution in [1.82, 2.24) is 10.2 Å². The molecule has 90 valence electrons. The summed E-state index contributed by atoms with van der Waals surface area (Å²) in [6, 6.07) is 5.85. The van der Waals surface area contributed by atoms with Crippen LogP contribution in [0.5, 0.6) is 0 Å². The monoisotopic (exact) mass is 358 g/mol. The molecular weight excluding hydrogens is 348 g/mol. The minimum Gasteiger partial charge on any atom is -0.420 e. The van der Waals surface area contributed by atoms with Gasteiger partial charge < -0.3 is 4.42 Å². The quantitative estimate of drug-likeness (QED) is 0.749. The third kappa shape index (κ3) is 2.77. The second-order valence-corrected chi connectivity index (χ2v) is 6.56. The van der Waals surface area contributed by atoms with E-state index in [4.69, 9.17) is 4.42 Å². The minimum absolute atomic E-state index is 0.135. The Bertz CT molecular complexity index is 544. The molecule has 0 aliphatic rings. The van der Waals surface area contributed by atoms with E-state index in [0.29, 0.717) is 11.8 Å². The molecule has 0 amide bonds. The molecule has 3 nitrogen and oxygen atoms in total. The third-order valence-corrected chi connectivity index (χ3v) is 3.41. The molecule has 2 rings (SSSR count). The van der Waals surface area contributed by atoms with Gasteiger partial charge in [-0.25, -0.2) is 0 Å². The summed E-state index contributed by atoms with van der Waals surface area (Å²) in [4.78, 5) is 0. The molecule has 2 aromatic rings. The van der Waals surface area contributed by atoms with Crippen molar-refractivity contribution >= 4 is 31.9 Å². The van der Waals surface area contributed by atoms with Gasteiger partial charge in [0.05, 0.1) is 5.56 Å². The van der Waals surface area contributed by atoms with Crippen LogP contribution in [0.3, 0.4) is 0 Å². The van der Waals surface area contributed by atoms with Crippen LogP contribution in [0, 0.1) is 0 Å². The molecule has 5 heteroatoms. The van der Waals surface area contributed by atoms with E-state index >= 15 is 0 Å². The van der Waals surface area contributed by atoms with Crippen LogP contribution in [-0.4, -0.2) is 10.2 Å². The van der Waals surface area contributed by atoms with Gasteiger partial charge in [-0.3, -0.25) is 0 Å². The van der Waals surface area contributed by atoms with E-state index in [1.54, 1.807) is 0 Å². The van der Waals surface area contributed by atoms with Gasteiger partial charge in [0.1, 0.15) is 0 Å². The van der Waals surface area contributed by atoms with E-state index in [1.807, 2.05) is 39.0 Å².